The van der Waals surface area contributed by atoms with Crippen molar-refractivity contribution in [2.45, 2.75) is 44.6 Å². The van der Waals surface area contributed by atoms with Crippen molar-refractivity contribution in [1.29, 1.82) is 0 Å². The van der Waals surface area contributed by atoms with E-state index in [0.717, 1.165) is 18.4 Å². The van der Waals surface area contributed by atoms with Crippen LogP contribution in [-0.4, -0.2) is 31.3 Å². The van der Waals surface area contributed by atoms with Gasteiger partial charge in [0.2, 0.25) is 0 Å². The Hall–Kier alpha value is -1.39. The van der Waals surface area contributed by atoms with Gasteiger partial charge in [-0.1, -0.05) is 30.3 Å². The molecule has 0 aliphatic carbocycles. The van der Waals surface area contributed by atoms with E-state index in [9.17, 15) is 4.79 Å². The van der Waals surface area contributed by atoms with Crippen molar-refractivity contribution in [2.75, 3.05) is 7.11 Å². The second-order valence-corrected chi connectivity index (χ2v) is 4.93. The van der Waals surface area contributed by atoms with Gasteiger partial charge in [0.1, 0.15) is 6.04 Å². The first kappa shape index (κ1) is 14.0. The van der Waals surface area contributed by atoms with Gasteiger partial charge in [-0.05, 0) is 25.3 Å². The fourth-order valence-corrected chi connectivity index (χ4v) is 2.40. The summed E-state index contributed by atoms with van der Waals surface area (Å²) in [4.78, 5) is 11.9. The number of benzene rings is 1. The van der Waals surface area contributed by atoms with Crippen LogP contribution in [-0.2, 0) is 20.8 Å². The van der Waals surface area contributed by atoms with E-state index in [1.165, 1.54) is 7.11 Å². The van der Waals surface area contributed by atoms with Crippen LogP contribution < -0.4 is 5.32 Å². The second-order valence-electron chi connectivity index (χ2n) is 4.93. The summed E-state index contributed by atoms with van der Waals surface area (Å²) in [5.74, 6) is -0.255. The quantitative estimate of drug-likeness (QED) is 0.824. The van der Waals surface area contributed by atoms with Crippen molar-refractivity contribution in [1.82, 2.24) is 5.32 Å². The van der Waals surface area contributed by atoms with E-state index in [1.807, 2.05) is 37.3 Å². The van der Waals surface area contributed by atoms with E-state index in [4.69, 9.17) is 9.47 Å². The summed E-state index contributed by atoms with van der Waals surface area (Å²) >= 11 is 0. The maximum Gasteiger partial charge on any atom is 0.325 e. The number of carbonyl (C=O) groups excluding carboxylic acids is 1. The Kier molecular flexibility index (Phi) is 4.93. The molecular weight excluding hydrogens is 242 g/mol. The zero-order valence-corrected chi connectivity index (χ0v) is 11.5. The molecule has 1 N–H and O–H groups in total. The molecule has 4 heteroatoms. The Bertz CT molecular complexity index is 407. The van der Waals surface area contributed by atoms with Crippen molar-refractivity contribution >= 4 is 5.97 Å². The van der Waals surface area contributed by atoms with E-state index >= 15 is 0 Å². The number of rotatable bonds is 5. The van der Waals surface area contributed by atoms with Gasteiger partial charge in [0.25, 0.3) is 0 Å². The minimum atomic E-state index is -0.393. The average Bonchev–Trinajstić information content (AvgIpc) is 2.86. The first-order valence-electron chi connectivity index (χ1n) is 6.71. The van der Waals surface area contributed by atoms with E-state index in [-0.39, 0.29) is 18.2 Å². The minimum Gasteiger partial charge on any atom is -0.468 e. The SMILES string of the molecule is COC(=O)C(NCc1ccccc1)C1CCC(C)O1. The molecule has 104 valence electrons. The van der Waals surface area contributed by atoms with Gasteiger partial charge in [-0.3, -0.25) is 10.1 Å². The first-order chi connectivity index (χ1) is 9.20. The molecule has 19 heavy (non-hydrogen) atoms. The first-order valence-corrected chi connectivity index (χ1v) is 6.71. The monoisotopic (exact) mass is 263 g/mol. The van der Waals surface area contributed by atoms with Crippen LogP contribution in [0.15, 0.2) is 30.3 Å². The highest BCUT2D eigenvalue weighted by molar-refractivity contribution is 5.76. The number of methoxy groups -OCH3 is 1. The highest BCUT2D eigenvalue weighted by Gasteiger charge is 2.34. The summed E-state index contributed by atoms with van der Waals surface area (Å²) in [7, 11) is 1.41. The van der Waals surface area contributed by atoms with Gasteiger partial charge in [-0.15, -0.1) is 0 Å². The summed E-state index contributed by atoms with van der Waals surface area (Å²) in [5.41, 5.74) is 1.14. The molecule has 1 fully saturated rings. The highest BCUT2D eigenvalue weighted by atomic mass is 16.5. The fraction of sp³-hybridized carbons (Fsp3) is 0.533. The van der Waals surface area contributed by atoms with E-state index in [0.29, 0.717) is 6.54 Å². The predicted molar refractivity (Wildman–Crippen MR) is 72.7 cm³/mol. The standard InChI is InChI=1S/C15H21NO3/c1-11-8-9-13(19-11)14(15(17)18-2)16-10-12-6-4-3-5-7-12/h3-7,11,13-14,16H,8-10H2,1-2H3. The third-order valence-electron chi connectivity index (χ3n) is 3.46. The Morgan fingerprint density at radius 1 is 1.42 bits per heavy atom. The molecule has 1 aliphatic rings. The second kappa shape index (κ2) is 6.68. The molecule has 3 unspecified atom stereocenters. The molecule has 4 nitrogen and oxygen atoms in total. The van der Waals surface area contributed by atoms with Crippen molar-refractivity contribution < 1.29 is 14.3 Å². The van der Waals surface area contributed by atoms with Gasteiger partial charge < -0.3 is 9.47 Å². The van der Waals surface area contributed by atoms with Gasteiger partial charge in [-0.25, -0.2) is 0 Å². The molecule has 0 radical (unpaired) electrons. The zero-order valence-electron chi connectivity index (χ0n) is 11.5. The number of hydrogen-bond acceptors (Lipinski definition) is 4. The van der Waals surface area contributed by atoms with Crippen molar-refractivity contribution in [3.8, 4) is 0 Å². The number of hydrogen-bond donors (Lipinski definition) is 1. The molecular formula is C15H21NO3. The molecule has 0 aromatic heterocycles. The molecule has 1 aromatic carbocycles. The lowest BCUT2D eigenvalue weighted by Gasteiger charge is -2.22. The lowest BCUT2D eigenvalue weighted by molar-refractivity contribution is -0.147. The van der Waals surface area contributed by atoms with Crippen molar-refractivity contribution in [2.24, 2.45) is 0 Å². The Morgan fingerprint density at radius 2 is 2.16 bits per heavy atom. The smallest absolute Gasteiger partial charge is 0.325 e. The Balaban J connectivity index is 1.96. The lowest BCUT2D eigenvalue weighted by Crippen LogP contribution is -2.46. The molecule has 0 saturated carbocycles. The van der Waals surface area contributed by atoms with Gasteiger partial charge in [0.15, 0.2) is 0 Å². The molecule has 0 amide bonds. The maximum atomic E-state index is 11.9. The Morgan fingerprint density at radius 3 is 2.74 bits per heavy atom. The average molecular weight is 263 g/mol. The third kappa shape index (κ3) is 3.78. The van der Waals surface area contributed by atoms with Gasteiger partial charge in [-0.2, -0.15) is 0 Å². The van der Waals surface area contributed by atoms with Crippen LogP contribution in [0.2, 0.25) is 0 Å². The summed E-state index contributed by atoms with van der Waals surface area (Å²) in [6.07, 6.45) is 2.01. The maximum absolute atomic E-state index is 11.9. The third-order valence-corrected chi connectivity index (χ3v) is 3.46. The molecule has 1 aromatic rings. The number of ether oxygens (including phenoxy) is 2. The topological polar surface area (TPSA) is 47.6 Å². The molecule has 2 rings (SSSR count). The van der Waals surface area contributed by atoms with Crippen LogP contribution in [0.5, 0.6) is 0 Å². The molecule has 1 saturated heterocycles. The van der Waals surface area contributed by atoms with Crippen molar-refractivity contribution in [3.63, 3.8) is 0 Å². The number of esters is 1. The molecule has 0 bridgehead atoms. The molecule has 0 spiro atoms. The van der Waals surface area contributed by atoms with Gasteiger partial charge in [0, 0.05) is 6.54 Å². The predicted octanol–water partition coefficient (Wildman–Crippen LogP) is 1.89. The molecule has 1 aliphatic heterocycles. The van der Waals surface area contributed by atoms with Crippen LogP contribution >= 0.6 is 0 Å². The van der Waals surface area contributed by atoms with Gasteiger partial charge in [0.05, 0.1) is 19.3 Å². The van der Waals surface area contributed by atoms with Crippen LogP contribution in [0, 0.1) is 0 Å². The summed E-state index contributed by atoms with van der Waals surface area (Å²) in [5, 5.41) is 3.25. The molecule has 1 heterocycles. The summed E-state index contributed by atoms with van der Waals surface area (Å²) in [6, 6.07) is 9.61. The minimum absolute atomic E-state index is 0.0915. The fourth-order valence-electron chi connectivity index (χ4n) is 2.40. The normalized spacial score (nSPS) is 24.1. The van der Waals surface area contributed by atoms with Crippen LogP contribution in [0.25, 0.3) is 0 Å². The molecule has 3 atom stereocenters. The van der Waals surface area contributed by atoms with E-state index in [2.05, 4.69) is 5.32 Å². The van der Waals surface area contributed by atoms with E-state index in [1.54, 1.807) is 0 Å². The van der Waals surface area contributed by atoms with Gasteiger partial charge >= 0.3 is 5.97 Å². The van der Waals surface area contributed by atoms with Crippen molar-refractivity contribution in [3.05, 3.63) is 35.9 Å². The zero-order chi connectivity index (χ0) is 13.7. The Labute approximate surface area is 114 Å². The van der Waals surface area contributed by atoms with E-state index < -0.39 is 6.04 Å². The largest absolute Gasteiger partial charge is 0.468 e. The number of nitrogens with one attached hydrogen (secondary N) is 1. The van der Waals surface area contributed by atoms with Crippen LogP contribution in [0.1, 0.15) is 25.3 Å². The highest BCUT2D eigenvalue weighted by Crippen LogP contribution is 2.22. The van der Waals surface area contributed by atoms with Crippen LogP contribution in [0.4, 0.5) is 0 Å². The summed E-state index contributed by atoms with van der Waals surface area (Å²) < 4.78 is 10.6. The lowest BCUT2D eigenvalue weighted by atomic mass is 10.1. The summed E-state index contributed by atoms with van der Waals surface area (Å²) in [6.45, 7) is 2.67. The number of carbonyl (C=O) groups is 1. The van der Waals surface area contributed by atoms with Crippen LogP contribution in [0.3, 0.4) is 0 Å².